The molecule has 0 saturated heterocycles. The Bertz CT molecular complexity index is 660. The lowest BCUT2D eigenvalue weighted by molar-refractivity contribution is -0.140. The number of imidazole rings is 1. The van der Waals surface area contributed by atoms with Crippen molar-refractivity contribution >= 4 is 23.7 Å². The number of hydrogen-bond acceptors (Lipinski definition) is 6. The summed E-state index contributed by atoms with van der Waals surface area (Å²) in [6.45, 7) is 3.69. The van der Waals surface area contributed by atoms with Crippen molar-refractivity contribution in [2.45, 2.75) is 51.2 Å². The predicted octanol–water partition coefficient (Wildman–Crippen LogP) is -1.74. The minimum absolute atomic E-state index is 0.0383. The van der Waals surface area contributed by atoms with Crippen LogP contribution in [0.3, 0.4) is 0 Å². The monoisotopic (exact) mass is 382 g/mol. The van der Waals surface area contributed by atoms with Gasteiger partial charge in [0, 0.05) is 18.3 Å². The van der Waals surface area contributed by atoms with Gasteiger partial charge in [-0.1, -0.05) is 13.8 Å². The van der Waals surface area contributed by atoms with E-state index in [4.69, 9.17) is 16.6 Å². The number of carboxylic acid groups (broad SMARTS) is 1. The van der Waals surface area contributed by atoms with Gasteiger partial charge in [0.05, 0.1) is 18.8 Å². The molecule has 1 aromatic heterocycles. The Hall–Kier alpha value is -2.95. The summed E-state index contributed by atoms with van der Waals surface area (Å²) < 4.78 is 0. The molecular weight excluding hydrogens is 356 g/mol. The van der Waals surface area contributed by atoms with Gasteiger partial charge in [0.15, 0.2) is 0 Å². The third-order valence-corrected chi connectivity index (χ3v) is 3.71. The smallest absolute Gasteiger partial charge is 0.305 e. The topological polar surface area (TPSA) is 193 Å². The molecule has 1 rings (SSSR count). The summed E-state index contributed by atoms with van der Waals surface area (Å²) in [5.41, 5.74) is 11.7. The zero-order chi connectivity index (χ0) is 20.6. The lowest BCUT2D eigenvalue weighted by atomic mass is 10.0. The number of carboxylic acids is 1. The van der Waals surface area contributed by atoms with Crippen LogP contribution >= 0.6 is 0 Å². The van der Waals surface area contributed by atoms with Crippen molar-refractivity contribution in [1.82, 2.24) is 20.6 Å². The van der Waals surface area contributed by atoms with Gasteiger partial charge in [-0.05, 0) is 12.3 Å². The van der Waals surface area contributed by atoms with Crippen molar-refractivity contribution in [3.05, 3.63) is 18.2 Å². The lowest BCUT2D eigenvalue weighted by Gasteiger charge is -2.24. The summed E-state index contributed by atoms with van der Waals surface area (Å²) in [6, 6.07) is -3.28. The fourth-order valence-electron chi connectivity index (χ4n) is 2.38. The zero-order valence-electron chi connectivity index (χ0n) is 15.3. The van der Waals surface area contributed by atoms with Gasteiger partial charge in [0.25, 0.3) is 0 Å². The van der Waals surface area contributed by atoms with E-state index in [1.54, 1.807) is 0 Å². The van der Waals surface area contributed by atoms with Crippen LogP contribution in [0.2, 0.25) is 0 Å². The summed E-state index contributed by atoms with van der Waals surface area (Å²) in [4.78, 5) is 53.6. The molecule has 0 bridgehead atoms. The summed E-state index contributed by atoms with van der Waals surface area (Å²) in [7, 11) is 0. The lowest BCUT2D eigenvalue weighted by Crippen LogP contribution is -2.56. The van der Waals surface area contributed by atoms with Gasteiger partial charge in [-0.3, -0.25) is 19.2 Å². The second-order valence-corrected chi connectivity index (χ2v) is 6.64. The predicted molar refractivity (Wildman–Crippen MR) is 95.0 cm³/mol. The summed E-state index contributed by atoms with van der Waals surface area (Å²) in [5.74, 6) is -3.48. The van der Waals surface area contributed by atoms with Gasteiger partial charge in [-0.25, -0.2) is 4.98 Å². The average Bonchev–Trinajstić information content (AvgIpc) is 3.05. The van der Waals surface area contributed by atoms with Crippen molar-refractivity contribution in [2.75, 3.05) is 0 Å². The molecule has 0 radical (unpaired) electrons. The number of H-pyrrole nitrogens is 1. The Morgan fingerprint density at radius 2 is 1.81 bits per heavy atom. The number of hydrogen-bond donors (Lipinski definition) is 6. The molecule has 1 heterocycles. The van der Waals surface area contributed by atoms with Gasteiger partial charge in [0.2, 0.25) is 17.7 Å². The molecule has 0 fully saturated rings. The van der Waals surface area contributed by atoms with Crippen LogP contribution in [-0.2, 0) is 25.6 Å². The molecule has 8 N–H and O–H groups in total. The third kappa shape index (κ3) is 7.86. The number of nitrogens with two attached hydrogens (primary N) is 2. The van der Waals surface area contributed by atoms with E-state index in [0.29, 0.717) is 5.69 Å². The molecule has 0 aliphatic carbocycles. The molecule has 1 aromatic rings. The molecule has 0 saturated carbocycles. The molecule has 27 heavy (non-hydrogen) atoms. The number of nitrogens with zero attached hydrogens (tertiary/aromatic N) is 1. The first-order valence-electron chi connectivity index (χ1n) is 8.44. The van der Waals surface area contributed by atoms with Crippen LogP contribution in [0.15, 0.2) is 12.5 Å². The van der Waals surface area contributed by atoms with Crippen LogP contribution < -0.4 is 22.1 Å². The standard InChI is InChI=1S/C16H26N6O5/c1-8(2)3-12(16(27)21-11(14(18)25)5-13(23)24)22-15(26)10(17)4-9-6-19-7-20-9/h6-8,10-12H,3-5,17H2,1-2H3,(H2,18,25)(H,19,20)(H,21,27)(H,22,26)(H,23,24)/t10-,11+,12+/m0/s1. The second kappa shape index (κ2) is 10.3. The van der Waals surface area contributed by atoms with Crippen molar-refractivity contribution in [3.8, 4) is 0 Å². The molecule has 11 nitrogen and oxygen atoms in total. The van der Waals surface area contributed by atoms with Crippen LogP contribution in [0, 0.1) is 5.92 Å². The molecule has 3 amide bonds. The molecule has 150 valence electrons. The van der Waals surface area contributed by atoms with E-state index in [9.17, 15) is 19.2 Å². The van der Waals surface area contributed by atoms with Gasteiger partial charge in [-0.2, -0.15) is 0 Å². The number of aromatic amines is 1. The van der Waals surface area contributed by atoms with Crippen LogP contribution in [0.25, 0.3) is 0 Å². The molecular formula is C16H26N6O5. The maximum absolute atomic E-state index is 12.5. The number of carbonyl (C=O) groups excluding carboxylic acids is 3. The minimum Gasteiger partial charge on any atom is -0.481 e. The Labute approximate surface area is 156 Å². The maximum Gasteiger partial charge on any atom is 0.305 e. The van der Waals surface area contributed by atoms with E-state index in [2.05, 4.69) is 20.6 Å². The number of rotatable bonds is 11. The molecule has 0 aliphatic heterocycles. The normalized spacial score (nSPS) is 14.2. The number of nitrogens with one attached hydrogen (secondary N) is 3. The van der Waals surface area contributed by atoms with E-state index in [1.807, 2.05) is 13.8 Å². The zero-order valence-corrected chi connectivity index (χ0v) is 15.3. The Kier molecular flexibility index (Phi) is 8.39. The highest BCUT2D eigenvalue weighted by Gasteiger charge is 2.29. The summed E-state index contributed by atoms with van der Waals surface area (Å²) in [6.07, 6.45) is 2.82. The van der Waals surface area contributed by atoms with Crippen molar-refractivity contribution in [2.24, 2.45) is 17.4 Å². The van der Waals surface area contributed by atoms with Gasteiger partial charge in [0.1, 0.15) is 12.1 Å². The fraction of sp³-hybridized carbons (Fsp3) is 0.562. The van der Waals surface area contributed by atoms with E-state index in [-0.39, 0.29) is 18.8 Å². The Balaban J connectivity index is 2.77. The number of aromatic nitrogens is 2. The molecule has 0 unspecified atom stereocenters. The summed E-state index contributed by atoms with van der Waals surface area (Å²) >= 11 is 0. The first kappa shape index (κ1) is 22.1. The number of carbonyl (C=O) groups is 4. The number of amides is 3. The van der Waals surface area contributed by atoms with E-state index >= 15 is 0 Å². The number of primary amides is 1. The van der Waals surface area contributed by atoms with E-state index < -0.39 is 48.2 Å². The Morgan fingerprint density at radius 3 is 2.30 bits per heavy atom. The van der Waals surface area contributed by atoms with Crippen LogP contribution in [-0.4, -0.2) is 56.9 Å². The quantitative estimate of drug-likeness (QED) is 0.261. The fourth-order valence-corrected chi connectivity index (χ4v) is 2.38. The Morgan fingerprint density at radius 1 is 1.19 bits per heavy atom. The number of aliphatic carboxylic acids is 1. The molecule has 0 aromatic carbocycles. The largest absolute Gasteiger partial charge is 0.481 e. The van der Waals surface area contributed by atoms with Gasteiger partial charge < -0.3 is 32.2 Å². The van der Waals surface area contributed by atoms with Crippen LogP contribution in [0.5, 0.6) is 0 Å². The summed E-state index contributed by atoms with van der Waals surface area (Å²) in [5, 5.41) is 13.6. The SMILES string of the molecule is CC(C)C[C@@H](NC(=O)[C@@H](N)Cc1cnc[nH]1)C(=O)N[C@H](CC(=O)O)C(N)=O. The molecule has 0 spiro atoms. The highest BCUT2D eigenvalue weighted by Crippen LogP contribution is 2.07. The molecule has 0 aliphatic rings. The molecule has 3 atom stereocenters. The minimum atomic E-state index is -1.37. The van der Waals surface area contributed by atoms with E-state index in [0.717, 1.165) is 0 Å². The van der Waals surface area contributed by atoms with Crippen molar-refractivity contribution in [1.29, 1.82) is 0 Å². The van der Waals surface area contributed by atoms with Crippen molar-refractivity contribution in [3.63, 3.8) is 0 Å². The van der Waals surface area contributed by atoms with Crippen molar-refractivity contribution < 1.29 is 24.3 Å². The van der Waals surface area contributed by atoms with Crippen LogP contribution in [0.4, 0.5) is 0 Å². The third-order valence-electron chi connectivity index (χ3n) is 3.71. The first-order valence-corrected chi connectivity index (χ1v) is 8.44. The highest BCUT2D eigenvalue weighted by atomic mass is 16.4. The second-order valence-electron chi connectivity index (χ2n) is 6.64. The van der Waals surface area contributed by atoms with E-state index in [1.165, 1.54) is 12.5 Å². The maximum atomic E-state index is 12.5. The molecule has 11 heteroatoms. The first-order chi connectivity index (χ1) is 12.6. The highest BCUT2D eigenvalue weighted by molar-refractivity contribution is 5.94. The average molecular weight is 382 g/mol. The van der Waals surface area contributed by atoms with Crippen LogP contribution in [0.1, 0.15) is 32.4 Å². The van der Waals surface area contributed by atoms with Gasteiger partial charge >= 0.3 is 5.97 Å². The van der Waals surface area contributed by atoms with Gasteiger partial charge in [-0.15, -0.1) is 0 Å².